The van der Waals surface area contributed by atoms with E-state index in [0.717, 1.165) is 4.70 Å². The lowest BCUT2D eigenvalue weighted by Crippen LogP contribution is -2.07. The lowest BCUT2D eigenvalue weighted by molar-refractivity contribution is -0.384. The number of carbonyl (C=O) groups excluding carboxylic acids is 1. The number of hydrogen-bond donors (Lipinski definition) is 1. The Balaban J connectivity index is 2.62. The molecular weight excluding hydrogens is 216 g/mol. The Labute approximate surface area is 88.3 Å². The first-order valence-corrected chi connectivity index (χ1v) is 4.87. The fraction of sp³-hybridized carbons (Fsp3) is 0. The van der Waals surface area contributed by atoms with Gasteiger partial charge in [0.05, 0.1) is 9.80 Å². The fourth-order valence-electron chi connectivity index (χ4n) is 1.27. The van der Waals surface area contributed by atoms with Crippen molar-refractivity contribution in [2.75, 3.05) is 0 Å². The number of nitrogens with zero attached hydrogens (tertiary/aromatic N) is 1. The molecule has 15 heavy (non-hydrogen) atoms. The first-order valence-electron chi connectivity index (χ1n) is 4.06. The van der Waals surface area contributed by atoms with Crippen LogP contribution in [-0.2, 0) is 0 Å². The third-order valence-electron chi connectivity index (χ3n) is 1.95. The maximum absolute atomic E-state index is 10.9. The molecule has 5 nitrogen and oxygen atoms in total. The van der Waals surface area contributed by atoms with Gasteiger partial charge in [-0.3, -0.25) is 14.9 Å². The smallest absolute Gasteiger partial charge is 0.270 e. The van der Waals surface area contributed by atoms with Gasteiger partial charge in [-0.25, -0.2) is 0 Å². The van der Waals surface area contributed by atoms with Gasteiger partial charge >= 0.3 is 0 Å². The number of benzene rings is 1. The van der Waals surface area contributed by atoms with Crippen molar-refractivity contribution in [3.8, 4) is 0 Å². The molecular formula is C9H6N2O3S. The third-order valence-corrected chi connectivity index (χ3v) is 3.08. The van der Waals surface area contributed by atoms with Crippen molar-refractivity contribution in [3.63, 3.8) is 0 Å². The molecule has 0 saturated carbocycles. The Kier molecular flexibility index (Phi) is 2.12. The highest BCUT2D eigenvalue weighted by Gasteiger charge is 2.10. The number of nitro benzene ring substituents is 1. The SMILES string of the molecule is NC(=O)c1cc2cc([N+](=O)[O-])ccc2s1. The van der Waals surface area contributed by atoms with Gasteiger partial charge < -0.3 is 5.73 Å². The van der Waals surface area contributed by atoms with Gasteiger partial charge in [0, 0.05) is 22.2 Å². The highest BCUT2D eigenvalue weighted by molar-refractivity contribution is 7.20. The van der Waals surface area contributed by atoms with Crippen molar-refractivity contribution in [3.05, 3.63) is 39.3 Å². The molecule has 0 atom stereocenters. The van der Waals surface area contributed by atoms with Crippen LogP contribution in [-0.4, -0.2) is 10.8 Å². The summed E-state index contributed by atoms with van der Waals surface area (Å²) in [5, 5.41) is 11.2. The van der Waals surface area contributed by atoms with Crippen LogP contribution in [0.4, 0.5) is 5.69 Å². The number of fused-ring (bicyclic) bond motifs is 1. The number of nitrogens with two attached hydrogens (primary N) is 1. The molecule has 0 bridgehead atoms. The van der Waals surface area contributed by atoms with Gasteiger partial charge in [0.25, 0.3) is 11.6 Å². The first kappa shape index (κ1) is 9.60. The first-order chi connectivity index (χ1) is 7.08. The molecule has 0 saturated heterocycles. The topological polar surface area (TPSA) is 86.2 Å². The number of nitro groups is 1. The lowest BCUT2D eigenvalue weighted by Gasteiger charge is -1.89. The minimum absolute atomic E-state index is 0.0105. The van der Waals surface area contributed by atoms with E-state index in [0.29, 0.717) is 10.3 Å². The molecule has 2 N–H and O–H groups in total. The minimum atomic E-state index is -0.515. The highest BCUT2D eigenvalue weighted by atomic mass is 32.1. The summed E-state index contributed by atoms with van der Waals surface area (Å²) in [5.74, 6) is -0.515. The number of amides is 1. The predicted molar refractivity (Wildman–Crippen MR) is 57.0 cm³/mol. The zero-order chi connectivity index (χ0) is 11.0. The quantitative estimate of drug-likeness (QED) is 0.622. The van der Waals surface area contributed by atoms with Crippen LogP contribution in [0.15, 0.2) is 24.3 Å². The summed E-state index contributed by atoms with van der Waals surface area (Å²) in [4.78, 5) is 21.3. The maximum Gasteiger partial charge on any atom is 0.270 e. The van der Waals surface area contributed by atoms with Gasteiger partial charge in [0.2, 0.25) is 0 Å². The second kappa shape index (κ2) is 3.32. The Morgan fingerprint density at radius 2 is 2.13 bits per heavy atom. The van der Waals surface area contributed by atoms with E-state index in [1.807, 2.05) is 0 Å². The molecule has 0 fully saturated rings. The molecule has 0 unspecified atom stereocenters. The van der Waals surface area contributed by atoms with E-state index in [1.54, 1.807) is 12.1 Å². The number of carbonyl (C=O) groups is 1. The number of rotatable bonds is 2. The van der Waals surface area contributed by atoms with Gasteiger partial charge in [0.15, 0.2) is 0 Å². The van der Waals surface area contributed by atoms with Crippen molar-refractivity contribution in [2.45, 2.75) is 0 Å². The second-order valence-corrected chi connectivity index (χ2v) is 4.04. The van der Waals surface area contributed by atoms with Crippen LogP contribution in [0.25, 0.3) is 10.1 Å². The number of primary amides is 1. The lowest BCUT2D eigenvalue weighted by atomic mass is 10.2. The monoisotopic (exact) mass is 222 g/mol. The molecule has 0 aliphatic carbocycles. The van der Waals surface area contributed by atoms with E-state index in [4.69, 9.17) is 5.73 Å². The summed E-state index contributed by atoms with van der Waals surface area (Å²) in [6.45, 7) is 0. The van der Waals surface area contributed by atoms with Crippen LogP contribution in [0, 0.1) is 10.1 Å². The highest BCUT2D eigenvalue weighted by Crippen LogP contribution is 2.28. The molecule has 0 spiro atoms. The Hall–Kier alpha value is -1.95. The number of non-ortho nitro benzene ring substituents is 1. The molecule has 1 heterocycles. The molecule has 0 aliphatic rings. The zero-order valence-electron chi connectivity index (χ0n) is 7.47. The minimum Gasteiger partial charge on any atom is -0.365 e. The molecule has 1 aromatic carbocycles. The standard InChI is InChI=1S/C9H6N2O3S/c10-9(12)8-4-5-3-6(11(13)14)1-2-7(5)15-8/h1-4H,(H2,10,12). The van der Waals surface area contributed by atoms with Gasteiger partial charge in [-0.2, -0.15) is 0 Å². The summed E-state index contributed by atoms with van der Waals surface area (Å²) < 4.78 is 0.814. The second-order valence-electron chi connectivity index (χ2n) is 2.95. The summed E-state index contributed by atoms with van der Waals surface area (Å²) in [6, 6.07) is 6.02. The summed E-state index contributed by atoms with van der Waals surface area (Å²) in [6.07, 6.45) is 0. The van der Waals surface area contributed by atoms with E-state index < -0.39 is 10.8 Å². The number of thiophene rings is 1. The molecule has 1 amide bonds. The van der Waals surface area contributed by atoms with E-state index in [2.05, 4.69) is 0 Å². The maximum atomic E-state index is 10.9. The summed E-state index contributed by atoms with van der Waals surface area (Å²) >= 11 is 1.23. The molecule has 2 rings (SSSR count). The van der Waals surface area contributed by atoms with Crippen molar-refractivity contribution >= 4 is 33.0 Å². The average molecular weight is 222 g/mol. The van der Waals surface area contributed by atoms with Crippen molar-refractivity contribution < 1.29 is 9.72 Å². The van der Waals surface area contributed by atoms with Crippen LogP contribution in [0.3, 0.4) is 0 Å². The van der Waals surface area contributed by atoms with Crippen LogP contribution in [0.2, 0.25) is 0 Å². The molecule has 6 heteroatoms. The van der Waals surface area contributed by atoms with E-state index in [9.17, 15) is 14.9 Å². The molecule has 76 valence electrons. The van der Waals surface area contributed by atoms with Gasteiger partial charge in [-0.1, -0.05) is 0 Å². The van der Waals surface area contributed by atoms with Crippen molar-refractivity contribution in [1.29, 1.82) is 0 Å². The predicted octanol–water partition coefficient (Wildman–Crippen LogP) is 1.91. The van der Waals surface area contributed by atoms with Gasteiger partial charge in [0.1, 0.15) is 0 Å². The third kappa shape index (κ3) is 1.66. The average Bonchev–Trinajstić information content (AvgIpc) is 2.59. The number of hydrogen-bond acceptors (Lipinski definition) is 4. The van der Waals surface area contributed by atoms with Gasteiger partial charge in [-0.05, 0) is 12.1 Å². The zero-order valence-corrected chi connectivity index (χ0v) is 8.28. The van der Waals surface area contributed by atoms with E-state index >= 15 is 0 Å². The van der Waals surface area contributed by atoms with E-state index in [1.165, 1.54) is 23.5 Å². The van der Waals surface area contributed by atoms with Crippen molar-refractivity contribution in [1.82, 2.24) is 0 Å². The van der Waals surface area contributed by atoms with Crippen LogP contribution in [0.1, 0.15) is 9.67 Å². The molecule has 1 aromatic heterocycles. The molecule has 0 radical (unpaired) electrons. The van der Waals surface area contributed by atoms with Crippen LogP contribution >= 0.6 is 11.3 Å². The Morgan fingerprint density at radius 3 is 2.73 bits per heavy atom. The summed E-state index contributed by atoms with van der Waals surface area (Å²) in [5.41, 5.74) is 5.12. The molecule has 2 aromatic rings. The molecule has 0 aliphatic heterocycles. The van der Waals surface area contributed by atoms with E-state index in [-0.39, 0.29) is 5.69 Å². The normalized spacial score (nSPS) is 10.4. The largest absolute Gasteiger partial charge is 0.365 e. The van der Waals surface area contributed by atoms with Crippen LogP contribution < -0.4 is 5.73 Å². The Morgan fingerprint density at radius 1 is 1.40 bits per heavy atom. The van der Waals surface area contributed by atoms with Crippen LogP contribution in [0.5, 0.6) is 0 Å². The summed E-state index contributed by atoms with van der Waals surface area (Å²) in [7, 11) is 0. The fourth-order valence-corrected chi connectivity index (χ4v) is 2.16. The van der Waals surface area contributed by atoms with Crippen molar-refractivity contribution in [2.24, 2.45) is 5.73 Å². The Bertz CT molecular complexity index is 549. The van der Waals surface area contributed by atoms with Gasteiger partial charge in [-0.15, -0.1) is 11.3 Å².